The minimum Gasteiger partial charge on any atom is -0.385 e. The first-order valence-electron chi connectivity index (χ1n) is 7.23. The molecule has 1 fully saturated rings. The van der Waals surface area contributed by atoms with Gasteiger partial charge < -0.3 is 9.84 Å². The molecule has 5 heteroatoms. The predicted octanol–water partition coefficient (Wildman–Crippen LogP) is 3.66. The lowest BCUT2D eigenvalue weighted by Crippen LogP contribution is -2.12. The van der Waals surface area contributed by atoms with Crippen LogP contribution in [0, 0.1) is 0 Å². The molecule has 0 radical (unpaired) electrons. The van der Waals surface area contributed by atoms with Crippen molar-refractivity contribution in [1.29, 1.82) is 0 Å². The SMILES string of the molecule is c1cc2c(c(-c3nc(C4CCCS4)no3)c1)CCCN2. The number of fused-ring (bicyclic) bond motifs is 1. The van der Waals surface area contributed by atoms with E-state index in [0.29, 0.717) is 11.1 Å². The Morgan fingerprint density at radius 3 is 3.20 bits per heavy atom. The van der Waals surface area contributed by atoms with Crippen LogP contribution < -0.4 is 5.32 Å². The monoisotopic (exact) mass is 287 g/mol. The molecule has 1 saturated heterocycles. The van der Waals surface area contributed by atoms with Crippen molar-refractivity contribution in [3.63, 3.8) is 0 Å². The highest BCUT2D eigenvalue weighted by atomic mass is 32.2. The predicted molar refractivity (Wildman–Crippen MR) is 81.0 cm³/mol. The van der Waals surface area contributed by atoms with Crippen molar-refractivity contribution >= 4 is 17.4 Å². The Balaban J connectivity index is 1.70. The van der Waals surface area contributed by atoms with Gasteiger partial charge in [0, 0.05) is 17.8 Å². The lowest BCUT2D eigenvalue weighted by molar-refractivity contribution is 0.421. The Morgan fingerprint density at radius 1 is 1.30 bits per heavy atom. The van der Waals surface area contributed by atoms with Gasteiger partial charge in [-0.05, 0) is 49.1 Å². The van der Waals surface area contributed by atoms with E-state index in [9.17, 15) is 0 Å². The number of anilines is 1. The Labute approximate surface area is 122 Å². The molecule has 0 amide bonds. The Morgan fingerprint density at radius 2 is 2.30 bits per heavy atom. The largest absolute Gasteiger partial charge is 0.385 e. The van der Waals surface area contributed by atoms with Crippen LogP contribution >= 0.6 is 11.8 Å². The molecule has 4 nitrogen and oxygen atoms in total. The van der Waals surface area contributed by atoms with E-state index in [0.717, 1.165) is 37.2 Å². The highest BCUT2D eigenvalue weighted by molar-refractivity contribution is 7.99. The molecule has 0 saturated carbocycles. The normalized spacial score (nSPS) is 21.5. The van der Waals surface area contributed by atoms with E-state index in [1.807, 2.05) is 11.8 Å². The van der Waals surface area contributed by atoms with Crippen LogP contribution in [0.3, 0.4) is 0 Å². The summed E-state index contributed by atoms with van der Waals surface area (Å²) in [6.45, 7) is 1.05. The van der Waals surface area contributed by atoms with Crippen molar-refractivity contribution in [2.24, 2.45) is 0 Å². The first-order chi connectivity index (χ1) is 9.92. The van der Waals surface area contributed by atoms with Crippen molar-refractivity contribution in [3.05, 3.63) is 29.6 Å². The van der Waals surface area contributed by atoms with E-state index in [2.05, 4.69) is 33.7 Å². The van der Waals surface area contributed by atoms with Crippen molar-refractivity contribution < 1.29 is 4.52 Å². The number of aromatic nitrogens is 2. The molecule has 4 rings (SSSR count). The van der Waals surface area contributed by atoms with Crippen LogP contribution in [-0.2, 0) is 6.42 Å². The molecular formula is C15H17N3OS. The topological polar surface area (TPSA) is 51.0 Å². The van der Waals surface area contributed by atoms with E-state index in [1.165, 1.54) is 23.4 Å². The van der Waals surface area contributed by atoms with Crippen LogP contribution in [0.25, 0.3) is 11.5 Å². The molecule has 0 bridgehead atoms. The summed E-state index contributed by atoms with van der Waals surface area (Å²) in [5, 5.41) is 8.06. The quantitative estimate of drug-likeness (QED) is 0.913. The van der Waals surface area contributed by atoms with E-state index in [4.69, 9.17) is 4.52 Å². The van der Waals surface area contributed by atoms with E-state index in [-0.39, 0.29) is 0 Å². The van der Waals surface area contributed by atoms with Crippen molar-refractivity contribution in [3.8, 4) is 11.5 Å². The maximum Gasteiger partial charge on any atom is 0.258 e. The van der Waals surface area contributed by atoms with Crippen molar-refractivity contribution in [1.82, 2.24) is 10.1 Å². The molecule has 2 aliphatic heterocycles. The summed E-state index contributed by atoms with van der Waals surface area (Å²) in [4.78, 5) is 4.64. The molecular weight excluding hydrogens is 270 g/mol. The average molecular weight is 287 g/mol. The van der Waals surface area contributed by atoms with Crippen LogP contribution in [-0.4, -0.2) is 22.4 Å². The fraction of sp³-hybridized carbons (Fsp3) is 0.467. The standard InChI is InChI=1S/C15H17N3OS/c1-4-11(10-5-2-8-16-12(10)6-1)15-17-14(18-19-15)13-7-3-9-20-13/h1,4,6,13,16H,2-3,5,7-9H2. The molecule has 104 valence electrons. The number of rotatable bonds is 2. The molecule has 1 unspecified atom stereocenters. The third kappa shape index (κ3) is 2.10. The maximum atomic E-state index is 5.53. The summed E-state index contributed by atoms with van der Waals surface area (Å²) >= 11 is 1.94. The van der Waals surface area contributed by atoms with Crippen LogP contribution in [0.4, 0.5) is 5.69 Å². The molecule has 0 aliphatic carbocycles. The summed E-state index contributed by atoms with van der Waals surface area (Å²) in [7, 11) is 0. The molecule has 20 heavy (non-hydrogen) atoms. The van der Waals surface area contributed by atoms with Gasteiger partial charge in [0.1, 0.15) is 0 Å². The van der Waals surface area contributed by atoms with Gasteiger partial charge in [-0.2, -0.15) is 16.7 Å². The molecule has 2 aromatic rings. The van der Waals surface area contributed by atoms with Crippen molar-refractivity contribution in [2.75, 3.05) is 17.6 Å². The fourth-order valence-corrected chi connectivity index (χ4v) is 4.16. The van der Waals surface area contributed by atoms with Crippen LogP contribution in [0.5, 0.6) is 0 Å². The molecule has 3 heterocycles. The van der Waals surface area contributed by atoms with Crippen molar-refractivity contribution in [2.45, 2.75) is 30.9 Å². The number of hydrogen-bond donors (Lipinski definition) is 1. The zero-order valence-corrected chi connectivity index (χ0v) is 12.1. The maximum absolute atomic E-state index is 5.53. The van der Waals surface area contributed by atoms with Crippen LogP contribution in [0.1, 0.15) is 35.9 Å². The molecule has 0 spiro atoms. The second-order valence-corrected chi connectivity index (χ2v) is 6.63. The summed E-state index contributed by atoms with van der Waals surface area (Å²) in [6.07, 6.45) is 4.65. The van der Waals surface area contributed by atoms with Gasteiger partial charge in [-0.25, -0.2) is 0 Å². The van der Waals surface area contributed by atoms with Gasteiger partial charge in [-0.3, -0.25) is 0 Å². The minimum absolute atomic E-state index is 0.421. The number of nitrogens with zero attached hydrogens (tertiary/aromatic N) is 2. The fourth-order valence-electron chi connectivity index (χ4n) is 2.97. The van der Waals surface area contributed by atoms with Gasteiger partial charge in [0.05, 0.1) is 5.25 Å². The van der Waals surface area contributed by atoms with E-state index >= 15 is 0 Å². The highest BCUT2D eigenvalue weighted by Gasteiger charge is 2.24. The van der Waals surface area contributed by atoms with Crippen LogP contribution in [0.15, 0.2) is 22.7 Å². The zero-order chi connectivity index (χ0) is 13.4. The van der Waals surface area contributed by atoms with Gasteiger partial charge in [0.15, 0.2) is 5.82 Å². The zero-order valence-electron chi connectivity index (χ0n) is 11.3. The number of hydrogen-bond acceptors (Lipinski definition) is 5. The Bertz CT molecular complexity index is 619. The molecule has 2 aliphatic rings. The van der Waals surface area contributed by atoms with Gasteiger partial charge >= 0.3 is 0 Å². The number of nitrogens with one attached hydrogen (secondary N) is 1. The second kappa shape index (κ2) is 5.13. The number of benzene rings is 1. The lowest BCUT2D eigenvalue weighted by Gasteiger charge is -2.19. The highest BCUT2D eigenvalue weighted by Crippen LogP contribution is 2.39. The Kier molecular flexibility index (Phi) is 3.14. The molecule has 1 aromatic heterocycles. The second-order valence-electron chi connectivity index (χ2n) is 5.32. The van der Waals surface area contributed by atoms with E-state index in [1.54, 1.807) is 0 Å². The molecule has 1 atom stereocenters. The lowest BCUT2D eigenvalue weighted by atomic mass is 9.97. The first-order valence-corrected chi connectivity index (χ1v) is 8.28. The summed E-state index contributed by atoms with van der Waals surface area (Å²) in [5.41, 5.74) is 3.62. The number of thioether (sulfide) groups is 1. The van der Waals surface area contributed by atoms with E-state index < -0.39 is 0 Å². The average Bonchev–Trinajstić information content (AvgIpc) is 3.17. The van der Waals surface area contributed by atoms with Gasteiger partial charge in [0.2, 0.25) is 0 Å². The summed E-state index contributed by atoms with van der Waals surface area (Å²) < 4.78 is 5.53. The molecule has 1 aromatic carbocycles. The third-order valence-corrected chi connectivity index (χ3v) is 5.36. The third-order valence-electron chi connectivity index (χ3n) is 3.98. The summed E-state index contributed by atoms with van der Waals surface area (Å²) in [5.74, 6) is 2.75. The smallest absolute Gasteiger partial charge is 0.258 e. The molecule has 1 N–H and O–H groups in total. The minimum atomic E-state index is 0.421. The summed E-state index contributed by atoms with van der Waals surface area (Å²) in [6, 6.07) is 6.27. The van der Waals surface area contributed by atoms with Gasteiger partial charge in [-0.1, -0.05) is 11.2 Å². The van der Waals surface area contributed by atoms with Gasteiger partial charge in [0.25, 0.3) is 5.89 Å². The van der Waals surface area contributed by atoms with Crippen LogP contribution in [0.2, 0.25) is 0 Å². The Hall–Kier alpha value is -1.49. The van der Waals surface area contributed by atoms with Gasteiger partial charge in [-0.15, -0.1) is 0 Å². The first kappa shape index (κ1) is 12.3.